The van der Waals surface area contributed by atoms with Crippen LogP contribution in [0.5, 0.6) is 5.75 Å². The van der Waals surface area contributed by atoms with E-state index in [1.54, 1.807) is 46.0 Å². The molecule has 0 aliphatic heterocycles. The number of alkyl carbamates (subject to hydrolysis) is 1. The third-order valence-electron chi connectivity index (χ3n) is 3.35. The lowest BCUT2D eigenvalue weighted by Gasteiger charge is -2.19. The summed E-state index contributed by atoms with van der Waals surface area (Å²) in [6.07, 6.45) is -4.24. The molecule has 0 atom stereocenters. The van der Waals surface area contributed by atoms with Gasteiger partial charge in [0.1, 0.15) is 11.4 Å². The molecule has 0 aliphatic rings. The number of alkyl halides is 3. The molecule has 0 aromatic heterocycles. The van der Waals surface area contributed by atoms with Crippen LogP contribution in [0.15, 0.2) is 29.3 Å². The molecule has 3 N–H and O–H groups in total. The highest BCUT2D eigenvalue weighted by Crippen LogP contribution is 2.22. The summed E-state index contributed by atoms with van der Waals surface area (Å²) in [6, 6.07) is 6.49. The molecule has 0 heterocycles. The van der Waals surface area contributed by atoms with Crippen LogP contribution in [0.25, 0.3) is 0 Å². The molecule has 1 aromatic rings. The van der Waals surface area contributed by atoms with E-state index in [0.29, 0.717) is 31.0 Å². The molecule has 0 unspecified atom stereocenters. The van der Waals surface area contributed by atoms with Crippen molar-refractivity contribution in [1.29, 1.82) is 0 Å². The van der Waals surface area contributed by atoms with Gasteiger partial charge in [-0.2, -0.15) is 13.2 Å². The van der Waals surface area contributed by atoms with Crippen molar-refractivity contribution in [3.05, 3.63) is 29.8 Å². The van der Waals surface area contributed by atoms with Gasteiger partial charge in [0.25, 0.3) is 0 Å². The molecule has 29 heavy (non-hydrogen) atoms. The zero-order valence-corrected chi connectivity index (χ0v) is 17.2. The Balaban J connectivity index is 2.37. The lowest BCUT2D eigenvalue weighted by Crippen LogP contribution is -2.39. The van der Waals surface area contributed by atoms with Gasteiger partial charge in [0.05, 0.1) is 0 Å². The summed E-state index contributed by atoms with van der Waals surface area (Å²) >= 11 is 0. The smallest absolute Gasteiger partial charge is 0.422 e. The number of hydrogen-bond acceptors (Lipinski definition) is 4. The Morgan fingerprint density at radius 2 is 1.72 bits per heavy atom. The zero-order chi connectivity index (χ0) is 21.9. The first-order chi connectivity index (χ1) is 13.5. The summed E-state index contributed by atoms with van der Waals surface area (Å²) < 4.78 is 47.1. The van der Waals surface area contributed by atoms with E-state index in [1.165, 1.54) is 6.07 Å². The number of halogens is 3. The fraction of sp³-hybridized carbons (Fsp3) is 0.579. The van der Waals surface area contributed by atoms with Gasteiger partial charge in [-0.15, -0.1) is 0 Å². The second-order valence-corrected chi connectivity index (χ2v) is 7.15. The van der Waals surface area contributed by atoms with E-state index in [0.717, 1.165) is 0 Å². The lowest BCUT2D eigenvalue weighted by molar-refractivity contribution is -0.153. The molecular formula is C19H29F3N4O3. The highest BCUT2D eigenvalue weighted by atomic mass is 19.4. The molecule has 1 amide bonds. The minimum atomic E-state index is -4.40. The van der Waals surface area contributed by atoms with Crippen molar-refractivity contribution in [3.63, 3.8) is 0 Å². The SMILES string of the molecule is CN=C(NCCCNC(=O)OC(C)(C)C)NCc1ccccc1OCC(F)(F)F. The Morgan fingerprint density at radius 1 is 1.07 bits per heavy atom. The fourth-order valence-electron chi connectivity index (χ4n) is 2.15. The topological polar surface area (TPSA) is 84.0 Å². The van der Waals surface area contributed by atoms with Crippen molar-refractivity contribution in [2.45, 2.75) is 45.5 Å². The number of rotatable bonds is 8. The van der Waals surface area contributed by atoms with Crippen LogP contribution in [0.1, 0.15) is 32.8 Å². The van der Waals surface area contributed by atoms with Crippen molar-refractivity contribution in [3.8, 4) is 5.75 Å². The van der Waals surface area contributed by atoms with E-state index in [-0.39, 0.29) is 12.3 Å². The maximum Gasteiger partial charge on any atom is 0.422 e. The fourth-order valence-corrected chi connectivity index (χ4v) is 2.15. The van der Waals surface area contributed by atoms with Gasteiger partial charge < -0.3 is 25.4 Å². The van der Waals surface area contributed by atoms with Crippen molar-refractivity contribution in [1.82, 2.24) is 16.0 Å². The van der Waals surface area contributed by atoms with Gasteiger partial charge >= 0.3 is 12.3 Å². The van der Waals surface area contributed by atoms with Gasteiger partial charge in [0.2, 0.25) is 0 Å². The number of benzene rings is 1. The number of aliphatic imine (C=N–C) groups is 1. The summed E-state index contributed by atoms with van der Waals surface area (Å²) in [5.74, 6) is 0.641. The second-order valence-electron chi connectivity index (χ2n) is 7.15. The largest absolute Gasteiger partial charge is 0.484 e. The number of carbonyl (C=O) groups excluding carboxylic acids is 1. The molecule has 0 aliphatic carbocycles. The normalized spacial score (nSPS) is 12.3. The highest BCUT2D eigenvalue weighted by molar-refractivity contribution is 5.79. The van der Waals surface area contributed by atoms with Gasteiger partial charge in [0, 0.05) is 32.2 Å². The van der Waals surface area contributed by atoms with Crippen LogP contribution in [-0.2, 0) is 11.3 Å². The molecule has 0 saturated heterocycles. The van der Waals surface area contributed by atoms with Crippen LogP contribution in [0, 0.1) is 0 Å². The first-order valence-electron chi connectivity index (χ1n) is 9.19. The van der Waals surface area contributed by atoms with E-state index in [4.69, 9.17) is 9.47 Å². The van der Waals surface area contributed by atoms with Crippen molar-refractivity contribution in [2.75, 3.05) is 26.7 Å². The van der Waals surface area contributed by atoms with Crippen LogP contribution in [-0.4, -0.2) is 50.6 Å². The first-order valence-corrected chi connectivity index (χ1v) is 9.19. The van der Waals surface area contributed by atoms with Crippen molar-refractivity contribution >= 4 is 12.1 Å². The van der Waals surface area contributed by atoms with E-state index in [1.807, 2.05) is 0 Å². The summed E-state index contributed by atoms with van der Waals surface area (Å²) in [7, 11) is 1.58. The van der Waals surface area contributed by atoms with Crippen LogP contribution < -0.4 is 20.7 Å². The Labute approximate surface area is 169 Å². The first kappa shape index (κ1) is 24.4. The summed E-state index contributed by atoms with van der Waals surface area (Å²) in [4.78, 5) is 15.6. The molecule has 0 fully saturated rings. The van der Waals surface area contributed by atoms with Crippen molar-refractivity contribution in [2.24, 2.45) is 4.99 Å². The lowest BCUT2D eigenvalue weighted by atomic mass is 10.2. The number of ether oxygens (including phenoxy) is 2. The predicted octanol–water partition coefficient (Wildman–Crippen LogP) is 3.21. The molecule has 0 spiro atoms. The third kappa shape index (κ3) is 11.7. The molecule has 10 heteroatoms. The van der Waals surface area contributed by atoms with Gasteiger partial charge in [-0.25, -0.2) is 4.79 Å². The minimum absolute atomic E-state index is 0.161. The molecule has 1 aromatic carbocycles. The molecule has 1 rings (SSSR count). The Bertz CT molecular complexity index is 673. The number of carbonyl (C=O) groups is 1. The molecule has 164 valence electrons. The Kier molecular flexibility index (Phi) is 9.57. The molecule has 0 radical (unpaired) electrons. The van der Waals surface area contributed by atoms with Gasteiger partial charge in [0.15, 0.2) is 12.6 Å². The molecule has 7 nitrogen and oxygen atoms in total. The van der Waals surface area contributed by atoms with E-state index >= 15 is 0 Å². The van der Waals surface area contributed by atoms with Crippen LogP contribution in [0.4, 0.5) is 18.0 Å². The predicted molar refractivity (Wildman–Crippen MR) is 105 cm³/mol. The van der Waals surface area contributed by atoms with Crippen LogP contribution in [0.3, 0.4) is 0 Å². The summed E-state index contributed by atoms with van der Waals surface area (Å²) in [6.45, 7) is 5.21. The number of nitrogens with zero attached hydrogens (tertiary/aromatic N) is 1. The molecule has 0 bridgehead atoms. The van der Waals surface area contributed by atoms with Gasteiger partial charge in [-0.1, -0.05) is 18.2 Å². The van der Waals surface area contributed by atoms with E-state index in [2.05, 4.69) is 20.9 Å². The third-order valence-corrected chi connectivity index (χ3v) is 3.35. The number of hydrogen-bond donors (Lipinski definition) is 3. The quantitative estimate of drug-likeness (QED) is 0.343. The van der Waals surface area contributed by atoms with E-state index < -0.39 is 24.5 Å². The van der Waals surface area contributed by atoms with Crippen LogP contribution in [0.2, 0.25) is 0 Å². The van der Waals surface area contributed by atoms with Crippen molar-refractivity contribution < 1.29 is 27.4 Å². The average Bonchev–Trinajstić information content (AvgIpc) is 2.60. The summed E-state index contributed by atoms with van der Waals surface area (Å²) in [5.41, 5.74) is 0.0280. The minimum Gasteiger partial charge on any atom is -0.484 e. The standard InChI is InChI=1S/C19H29F3N4O3/c1-18(2,3)29-17(27)25-11-7-10-24-16(23-4)26-12-14-8-5-6-9-15(14)28-13-19(20,21)22/h5-6,8-9H,7,10-13H2,1-4H3,(H,25,27)(H2,23,24,26). The Hall–Kier alpha value is -2.65. The number of nitrogens with one attached hydrogen (secondary N) is 3. The maximum atomic E-state index is 12.4. The number of amides is 1. The second kappa shape index (κ2) is 11.4. The number of para-hydroxylation sites is 1. The molecule has 0 saturated carbocycles. The number of guanidine groups is 1. The van der Waals surface area contributed by atoms with Gasteiger partial charge in [-0.05, 0) is 33.3 Å². The van der Waals surface area contributed by atoms with Crippen LogP contribution >= 0.6 is 0 Å². The Morgan fingerprint density at radius 3 is 2.34 bits per heavy atom. The maximum absolute atomic E-state index is 12.4. The highest BCUT2D eigenvalue weighted by Gasteiger charge is 2.28. The molecular weight excluding hydrogens is 389 g/mol. The monoisotopic (exact) mass is 418 g/mol. The van der Waals surface area contributed by atoms with Gasteiger partial charge in [-0.3, -0.25) is 4.99 Å². The van der Waals surface area contributed by atoms with E-state index in [9.17, 15) is 18.0 Å². The average molecular weight is 418 g/mol. The summed E-state index contributed by atoms with van der Waals surface area (Å²) in [5, 5.41) is 8.74. The zero-order valence-electron chi connectivity index (χ0n) is 17.2.